The first-order valence-electron chi connectivity index (χ1n) is 9.29. The van der Waals surface area contributed by atoms with Gasteiger partial charge in [-0.1, -0.05) is 35.5 Å². The number of hydrogen-bond acceptors (Lipinski definition) is 4. The molecule has 0 bridgehead atoms. The van der Waals surface area contributed by atoms with E-state index in [1.807, 2.05) is 41.1 Å². The smallest absolute Gasteiger partial charge is 0.303 e. The van der Waals surface area contributed by atoms with E-state index in [1.54, 1.807) is 0 Å². The second kappa shape index (κ2) is 6.78. The molecule has 6 nitrogen and oxygen atoms in total. The predicted octanol–water partition coefficient (Wildman–Crippen LogP) is 3.50. The minimum Gasteiger partial charge on any atom is -0.481 e. The van der Waals surface area contributed by atoms with Crippen LogP contribution >= 0.6 is 0 Å². The zero-order valence-corrected chi connectivity index (χ0v) is 15.7. The number of carbonyl (C=O) groups is 1. The average Bonchev–Trinajstić information content (AvgIpc) is 3.16. The molecule has 1 aromatic heterocycles. The topological polar surface area (TPSA) is 71.2 Å². The Labute approximate surface area is 158 Å². The number of hydrogen-bond donors (Lipinski definition) is 1. The molecule has 1 N–H and O–H groups in total. The Morgan fingerprint density at radius 2 is 1.93 bits per heavy atom. The SMILES string of the molecule is CC1(C)CC(CC(=O)O)CN1Cc1ccccc1-n1nnc2ccccc21. The highest BCUT2D eigenvalue weighted by Crippen LogP contribution is 2.36. The lowest BCUT2D eigenvalue weighted by atomic mass is 9.94. The van der Waals surface area contributed by atoms with Crippen LogP contribution < -0.4 is 0 Å². The Kier molecular flexibility index (Phi) is 4.44. The van der Waals surface area contributed by atoms with Gasteiger partial charge >= 0.3 is 5.97 Å². The Morgan fingerprint density at radius 3 is 2.74 bits per heavy atom. The van der Waals surface area contributed by atoms with Crippen molar-refractivity contribution in [3.05, 3.63) is 54.1 Å². The lowest BCUT2D eigenvalue weighted by Gasteiger charge is -2.32. The number of likely N-dealkylation sites (tertiary alicyclic amines) is 1. The van der Waals surface area contributed by atoms with Crippen LogP contribution in [-0.4, -0.2) is 43.1 Å². The van der Waals surface area contributed by atoms with Crippen molar-refractivity contribution in [2.45, 2.75) is 38.8 Å². The van der Waals surface area contributed by atoms with E-state index in [2.05, 4.69) is 41.2 Å². The van der Waals surface area contributed by atoms with Crippen LogP contribution in [0.3, 0.4) is 0 Å². The summed E-state index contributed by atoms with van der Waals surface area (Å²) < 4.78 is 1.89. The maximum Gasteiger partial charge on any atom is 0.303 e. The van der Waals surface area contributed by atoms with Gasteiger partial charge in [0.15, 0.2) is 0 Å². The molecule has 1 unspecified atom stereocenters. The van der Waals surface area contributed by atoms with Crippen molar-refractivity contribution < 1.29 is 9.90 Å². The quantitative estimate of drug-likeness (QED) is 0.750. The number of benzene rings is 2. The molecule has 1 saturated heterocycles. The van der Waals surface area contributed by atoms with Gasteiger partial charge in [-0.25, -0.2) is 4.68 Å². The van der Waals surface area contributed by atoms with Crippen LogP contribution in [0.15, 0.2) is 48.5 Å². The number of carboxylic acid groups (broad SMARTS) is 1. The molecule has 1 fully saturated rings. The summed E-state index contributed by atoms with van der Waals surface area (Å²) in [6, 6.07) is 16.2. The van der Waals surface area contributed by atoms with Gasteiger partial charge in [0, 0.05) is 25.0 Å². The summed E-state index contributed by atoms with van der Waals surface area (Å²) in [5.74, 6) is -0.524. The zero-order chi connectivity index (χ0) is 19.0. The number of aromatic nitrogens is 3. The van der Waals surface area contributed by atoms with Gasteiger partial charge in [0.25, 0.3) is 0 Å². The van der Waals surface area contributed by atoms with Gasteiger partial charge in [-0.2, -0.15) is 0 Å². The van der Waals surface area contributed by atoms with Crippen LogP contribution in [0.1, 0.15) is 32.3 Å². The number of carboxylic acids is 1. The van der Waals surface area contributed by atoms with Crippen molar-refractivity contribution in [3.8, 4) is 5.69 Å². The average molecular weight is 364 g/mol. The maximum absolute atomic E-state index is 11.1. The minimum absolute atomic E-state index is 0.0301. The van der Waals surface area contributed by atoms with E-state index in [4.69, 9.17) is 5.11 Å². The predicted molar refractivity (Wildman–Crippen MR) is 104 cm³/mol. The second-order valence-corrected chi connectivity index (χ2v) is 7.98. The molecular weight excluding hydrogens is 340 g/mol. The monoisotopic (exact) mass is 364 g/mol. The van der Waals surface area contributed by atoms with Gasteiger partial charge in [-0.05, 0) is 49.9 Å². The fraction of sp³-hybridized carbons (Fsp3) is 0.381. The van der Waals surface area contributed by atoms with Crippen LogP contribution in [0.4, 0.5) is 0 Å². The molecule has 0 amide bonds. The fourth-order valence-electron chi connectivity index (χ4n) is 4.22. The molecule has 2 aromatic carbocycles. The summed E-state index contributed by atoms with van der Waals surface area (Å²) in [6.45, 7) is 5.95. The number of para-hydroxylation sites is 2. The molecule has 0 aliphatic carbocycles. The summed E-state index contributed by atoms with van der Waals surface area (Å²) in [7, 11) is 0. The van der Waals surface area contributed by atoms with E-state index in [-0.39, 0.29) is 17.9 Å². The third-order valence-corrected chi connectivity index (χ3v) is 5.52. The van der Waals surface area contributed by atoms with E-state index in [0.717, 1.165) is 41.8 Å². The first kappa shape index (κ1) is 17.7. The van der Waals surface area contributed by atoms with Crippen LogP contribution in [0, 0.1) is 5.92 Å². The Balaban J connectivity index is 1.65. The highest BCUT2D eigenvalue weighted by Gasteiger charge is 2.39. The van der Waals surface area contributed by atoms with Crippen molar-refractivity contribution in [1.29, 1.82) is 0 Å². The molecule has 0 radical (unpaired) electrons. The standard InChI is InChI=1S/C21H24N4O2/c1-21(2)12-15(11-20(26)27)13-24(21)14-16-7-3-5-9-18(16)25-19-10-6-4-8-17(19)22-23-25/h3-10,15H,11-14H2,1-2H3,(H,26,27). The van der Waals surface area contributed by atoms with Crippen molar-refractivity contribution >= 4 is 17.0 Å². The summed E-state index contributed by atoms with van der Waals surface area (Å²) in [5.41, 5.74) is 4.00. The molecule has 0 saturated carbocycles. The zero-order valence-electron chi connectivity index (χ0n) is 15.7. The molecular formula is C21H24N4O2. The Morgan fingerprint density at radius 1 is 1.19 bits per heavy atom. The third-order valence-electron chi connectivity index (χ3n) is 5.52. The molecule has 27 heavy (non-hydrogen) atoms. The van der Waals surface area contributed by atoms with Gasteiger partial charge in [0.2, 0.25) is 0 Å². The van der Waals surface area contributed by atoms with E-state index in [0.29, 0.717) is 0 Å². The molecule has 2 heterocycles. The summed E-state index contributed by atoms with van der Waals surface area (Å²) in [6.07, 6.45) is 1.13. The van der Waals surface area contributed by atoms with E-state index < -0.39 is 5.97 Å². The van der Waals surface area contributed by atoms with Gasteiger partial charge in [-0.3, -0.25) is 9.69 Å². The first-order chi connectivity index (χ1) is 12.9. The van der Waals surface area contributed by atoms with Crippen molar-refractivity contribution in [1.82, 2.24) is 19.9 Å². The van der Waals surface area contributed by atoms with E-state index >= 15 is 0 Å². The number of nitrogens with zero attached hydrogens (tertiary/aromatic N) is 4. The minimum atomic E-state index is -0.716. The van der Waals surface area contributed by atoms with Crippen LogP contribution in [-0.2, 0) is 11.3 Å². The largest absolute Gasteiger partial charge is 0.481 e. The van der Waals surface area contributed by atoms with Crippen molar-refractivity contribution in [2.24, 2.45) is 5.92 Å². The molecule has 140 valence electrons. The van der Waals surface area contributed by atoms with Crippen molar-refractivity contribution in [2.75, 3.05) is 6.54 Å². The molecule has 6 heteroatoms. The summed E-state index contributed by atoms with van der Waals surface area (Å²) in [5, 5.41) is 17.8. The van der Waals surface area contributed by atoms with Crippen LogP contribution in [0.5, 0.6) is 0 Å². The molecule has 4 rings (SSSR count). The lowest BCUT2D eigenvalue weighted by Crippen LogP contribution is -2.37. The summed E-state index contributed by atoms with van der Waals surface area (Å²) in [4.78, 5) is 13.5. The second-order valence-electron chi connectivity index (χ2n) is 7.98. The maximum atomic E-state index is 11.1. The fourth-order valence-corrected chi connectivity index (χ4v) is 4.22. The molecule has 3 aromatic rings. The highest BCUT2D eigenvalue weighted by atomic mass is 16.4. The summed E-state index contributed by atoms with van der Waals surface area (Å²) >= 11 is 0. The van der Waals surface area contributed by atoms with Crippen LogP contribution in [0.2, 0.25) is 0 Å². The number of fused-ring (bicyclic) bond motifs is 1. The van der Waals surface area contributed by atoms with Crippen molar-refractivity contribution in [3.63, 3.8) is 0 Å². The van der Waals surface area contributed by atoms with E-state index in [9.17, 15) is 4.79 Å². The Bertz CT molecular complexity index is 979. The van der Waals surface area contributed by atoms with Gasteiger partial charge in [0.05, 0.1) is 11.2 Å². The van der Waals surface area contributed by atoms with Gasteiger partial charge in [0.1, 0.15) is 5.52 Å². The van der Waals surface area contributed by atoms with Gasteiger partial charge < -0.3 is 5.11 Å². The number of aliphatic carboxylic acids is 1. The van der Waals surface area contributed by atoms with E-state index in [1.165, 1.54) is 0 Å². The van der Waals surface area contributed by atoms with Gasteiger partial charge in [-0.15, -0.1) is 5.10 Å². The van der Waals surface area contributed by atoms with Crippen LogP contribution in [0.25, 0.3) is 16.7 Å². The normalized spacial score (nSPS) is 19.6. The third kappa shape index (κ3) is 3.45. The molecule has 1 atom stereocenters. The molecule has 1 aliphatic heterocycles. The first-order valence-corrected chi connectivity index (χ1v) is 9.29. The lowest BCUT2D eigenvalue weighted by molar-refractivity contribution is -0.138. The highest BCUT2D eigenvalue weighted by molar-refractivity contribution is 5.76. The number of rotatable bonds is 5. The molecule has 1 aliphatic rings. The molecule has 0 spiro atoms. The Hall–Kier alpha value is -2.73.